The van der Waals surface area contributed by atoms with Gasteiger partial charge in [-0.2, -0.15) is 0 Å². The van der Waals surface area contributed by atoms with Crippen LogP contribution in [0, 0.1) is 0 Å². The fraction of sp³-hybridized carbons (Fsp3) is 0.238. The zero-order chi connectivity index (χ0) is 23.5. The fourth-order valence-corrected chi connectivity index (χ4v) is 4.50. The van der Waals surface area contributed by atoms with E-state index >= 15 is 0 Å². The molecule has 0 radical (unpaired) electrons. The molecule has 0 fully saturated rings. The number of amides is 1. The molecule has 1 heterocycles. The Morgan fingerprint density at radius 3 is 2.44 bits per heavy atom. The van der Waals surface area contributed by atoms with E-state index in [2.05, 4.69) is 26.2 Å². The number of ether oxygens (including phenoxy) is 2. The van der Waals surface area contributed by atoms with E-state index in [1.165, 1.54) is 45.7 Å². The third-order valence-electron chi connectivity index (χ3n) is 4.90. The number of hydrogen-bond acceptors (Lipinski definition) is 6. The number of carbonyl (C=O) groups excluding carboxylic acids is 1. The summed E-state index contributed by atoms with van der Waals surface area (Å²) in [5.74, 6) is -0.632. The zero-order valence-corrected chi connectivity index (χ0v) is 20.0. The number of nitrogens with zero attached hydrogens (tertiary/aromatic N) is 1. The highest BCUT2D eigenvalue weighted by atomic mass is 79.9. The van der Waals surface area contributed by atoms with E-state index in [-0.39, 0.29) is 22.4 Å². The van der Waals surface area contributed by atoms with Gasteiger partial charge in [-0.05, 0) is 42.5 Å². The quantitative estimate of drug-likeness (QED) is 0.438. The van der Waals surface area contributed by atoms with Crippen molar-refractivity contribution in [2.24, 2.45) is 0 Å². The van der Waals surface area contributed by atoms with Crippen molar-refractivity contribution in [3.8, 4) is 0 Å². The highest BCUT2D eigenvalue weighted by Crippen LogP contribution is 2.25. The Bertz CT molecular complexity index is 1290. The summed E-state index contributed by atoms with van der Waals surface area (Å²) in [5.41, 5.74) is 0.120. The zero-order valence-electron chi connectivity index (χ0n) is 17.6. The maximum atomic E-state index is 13.1. The lowest BCUT2D eigenvalue weighted by Crippen LogP contribution is -2.36. The maximum absolute atomic E-state index is 13.1. The van der Waals surface area contributed by atoms with E-state index < -0.39 is 27.6 Å². The number of sulfonamides is 1. The van der Waals surface area contributed by atoms with Gasteiger partial charge in [-0.25, -0.2) is 8.42 Å². The van der Waals surface area contributed by atoms with Crippen molar-refractivity contribution >= 4 is 48.5 Å². The van der Waals surface area contributed by atoms with Crippen molar-refractivity contribution in [1.29, 1.82) is 0 Å². The number of aromatic amines is 1. The van der Waals surface area contributed by atoms with Crippen LogP contribution < -0.4 is 15.1 Å². The van der Waals surface area contributed by atoms with E-state index in [4.69, 9.17) is 9.47 Å². The van der Waals surface area contributed by atoms with E-state index in [1.807, 2.05) is 0 Å². The van der Waals surface area contributed by atoms with Gasteiger partial charge in [-0.1, -0.05) is 15.9 Å². The molecule has 11 heteroatoms. The smallest absolute Gasteiger partial charge is 0.264 e. The van der Waals surface area contributed by atoms with Crippen LogP contribution >= 0.6 is 15.9 Å². The molecule has 3 rings (SSSR count). The number of pyridine rings is 1. The number of benzene rings is 2. The molecule has 170 valence electrons. The number of H-pyrrole nitrogens is 1. The molecule has 0 aliphatic carbocycles. The molecule has 0 atom stereocenters. The summed E-state index contributed by atoms with van der Waals surface area (Å²) >= 11 is 3.32. The van der Waals surface area contributed by atoms with Crippen LogP contribution in [0.15, 0.2) is 62.8 Å². The molecule has 0 unspecified atom stereocenters. The summed E-state index contributed by atoms with van der Waals surface area (Å²) in [6, 6.07) is 10.9. The topological polar surface area (TPSA) is 118 Å². The molecule has 0 saturated carbocycles. The van der Waals surface area contributed by atoms with Gasteiger partial charge in [0.15, 0.2) is 6.29 Å². The van der Waals surface area contributed by atoms with Crippen LogP contribution in [-0.4, -0.2) is 53.4 Å². The fourth-order valence-electron chi connectivity index (χ4n) is 3.01. The summed E-state index contributed by atoms with van der Waals surface area (Å²) in [6.07, 6.45) is 0.626. The monoisotopic (exact) mass is 523 g/mol. The predicted octanol–water partition coefficient (Wildman–Crippen LogP) is 2.46. The predicted molar refractivity (Wildman–Crippen MR) is 124 cm³/mol. The number of methoxy groups -OCH3 is 2. The molecule has 2 aromatic carbocycles. The molecule has 32 heavy (non-hydrogen) atoms. The molecule has 1 aromatic heterocycles. The van der Waals surface area contributed by atoms with Crippen LogP contribution in [0.4, 0.5) is 5.69 Å². The first-order valence-corrected chi connectivity index (χ1v) is 11.7. The van der Waals surface area contributed by atoms with Gasteiger partial charge in [0.2, 0.25) is 5.43 Å². The van der Waals surface area contributed by atoms with Gasteiger partial charge >= 0.3 is 0 Å². The SMILES string of the molecule is COC(CNC(=O)c1c[nH]c2ccc(S(=O)(=O)N(C)c3ccc(Br)cc3)cc2c1=O)OC. The molecule has 0 aliphatic heterocycles. The average Bonchev–Trinajstić information content (AvgIpc) is 2.79. The molecular formula is C21H22BrN3O6S. The minimum Gasteiger partial charge on any atom is -0.360 e. The van der Waals surface area contributed by atoms with Crippen molar-refractivity contribution in [2.75, 3.05) is 32.1 Å². The van der Waals surface area contributed by atoms with Gasteiger partial charge in [-0.3, -0.25) is 13.9 Å². The lowest BCUT2D eigenvalue weighted by Gasteiger charge is -2.20. The highest BCUT2D eigenvalue weighted by molar-refractivity contribution is 9.10. The lowest BCUT2D eigenvalue weighted by molar-refractivity contribution is -0.0974. The van der Waals surface area contributed by atoms with Crippen LogP contribution in [0.25, 0.3) is 10.9 Å². The second kappa shape index (κ2) is 9.82. The number of nitrogens with one attached hydrogen (secondary N) is 2. The molecule has 0 saturated heterocycles. The molecule has 0 spiro atoms. The molecule has 2 N–H and O–H groups in total. The summed E-state index contributed by atoms with van der Waals surface area (Å²) in [6.45, 7) is 0.0374. The van der Waals surface area contributed by atoms with Crippen molar-refractivity contribution in [3.63, 3.8) is 0 Å². The number of aromatic nitrogens is 1. The van der Waals surface area contributed by atoms with E-state index in [0.29, 0.717) is 11.2 Å². The van der Waals surface area contributed by atoms with E-state index in [0.717, 1.165) is 8.78 Å². The minimum absolute atomic E-state index is 0.0374. The maximum Gasteiger partial charge on any atom is 0.264 e. The highest BCUT2D eigenvalue weighted by Gasteiger charge is 2.23. The Labute approximate surface area is 193 Å². The Morgan fingerprint density at radius 2 is 1.81 bits per heavy atom. The Hall–Kier alpha value is -2.73. The summed E-state index contributed by atoms with van der Waals surface area (Å²) in [5, 5.41) is 2.64. The van der Waals surface area contributed by atoms with Gasteiger partial charge in [0, 0.05) is 42.8 Å². The number of carbonyl (C=O) groups is 1. The number of anilines is 1. The lowest BCUT2D eigenvalue weighted by atomic mass is 10.1. The van der Waals surface area contributed by atoms with Gasteiger partial charge in [0.1, 0.15) is 5.56 Å². The third kappa shape index (κ3) is 4.85. The van der Waals surface area contributed by atoms with Gasteiger partial charge in [0.05, 0.1) is 17.1 Å². The van der Waals surface area contributed by atoms with Crippen LogP contribution in [0.1, 0.15) is 10.4 Å². The second-order valence-corrected chi connectivity index (χ2v) is 9.68. The summed E-state index contributed by atoms with van der Waals surface area (Å²) in [4.78, 5) is 28.2. The number of rotatable bonds is 8. The summed E-state index contributed by atoms with van der Waals surface area (Å²) in [7, 11) is 0.341. The Balaban J connectivity index is 1.97. The molecule has 0 bridgehead atoms. The minimum atomic E-state index is -3.94. The number of fused-ring (bicyclic) bond motifs is 1. The molecule has 0 aliphatic rings. The first-order chi connectivity index (χ1) is 15.2. The van der Waals surface area contributed by atoms with Crippen LogP contribution in [0.2, 0.25) is 0 Å². The first kappa shape index (κ1) is 23.9. The van der Waals surface area contributed by atoms with E-state index in [9.17, 15) is 18.0 Å². The van der Waals surface area contributed by atoms with Gasteiger partial charge in [-0.15, -0.1) is 0 Å². The van der Waals surface area contributed by atoms with E-state index in [1.54, 1.807) is 24.3 Å². The van der Waals surface area contributed by atoms with Crippen molar-refractivity contribution in [1.82, 2.24) is 10.3 Å². The van der Waals surface area contributed by atoms with Crippen molar-refractivity contribution in [3.05, 3.63) is 68.9 Å². The van der Waals surface area contributed by atoms with Crippen LogP contribution in [0.5, 0.6) is 0 Å². The van der Waals surface area contributed by atoms with Crippen molar-refractivity contribution < 1.29 is 22.7 Å². The normalized spacial score (nSPS) is 11.7. The van der Waals surface area contributed by atoms with Gasteiger partial charge in [0.25, 0.3) is 15.9 Å². The first-order valence-electron chi connectivity index (χ1n) is 9.42. The molecule has 9 nitrogen and oxygen atoms in total. The second-order valence-electron chi connectivity index (χ2n) is 6.80. The Kier molecular flexibility index (Phi) is 7.34. The van der Waals surface area contributed by atoms with Crippen LogP contribution in [-0.2, 0) is 19.5 Å². The largest absolute Gasteiger partial charge is 0.360 e. The van der Waals surface area contributed by atoms with Crippen LogP contribution in [0.3, 0.4) is 0 Å². The summed E-state index contributed by atoms with van der Waals surface area (Å²) < 4.78 is 38.2. The molecule has 1 amide bonds. The third-order valence-corrected chi connectivity index (χ3v) is 7.21. The van der Waals surface area contributed by atoms with Crippen molar-refractivity contribution in [2.45, 2.75) is 11.2 Å². The standard InChI is InChI=1S/C21H22BrN3O6S/c1-25(14-6-4-13(22)5-7-14)32(28,29)15-8-9-18-16(10-15)20(26)17(11-23-18)21(27)24-12-19(30-2)31-3/h4-11,19H,12H2,1-3H3,(H,23,26)(H,24,27). The number of hydrogen-bond donors (Lipinski definition) is 2. The average molecular weight is 524 g/mol. The van der Waals surface area contributed by atoms with Gasteiger partial charge < -0.3 is 19.8 Å². The Morgan fingerprint density at radius 1 is 1.16 bits per heavy atom. The molecule has 3 aromatic rings. The number of halogens is 1. The molecular weight excluding hydrogens is 502 g/mol.